The van der Waals surface area contributed by atoms with E-state index in [1.807, 2.05) is 17.9 Å². The van der Waals surface area contributed by atoms with E-state index < -0.39 is 0 Å². The molecular formula is C12H23ClN4. The molecule has 98 valence electrons. The highest BCUT2D eigenvalue weighted by Gasteiger charge is 2.17. The van der Waals surface area contributed by atoms with Gasteiger partial charge in [-0.3, -0.25) is 4.68 Å². The zero-order chi connectivity index (χ0) is 11.4. The third-order valence-electron chi connectivity index (χ3n) is 3.29. The lowest BCUT2D eigenvalue weighted by molar-refractivity contribution is 0.198. The molecule has 2 rings (SSSR count). The summed E-state index contributed by atoms with van der Waals surface area (Å²) in [7, 11) is 1.96. The molecule has 1 atom stereocenters. The molecule has 1 N–H and O–H groups in total. The fraction of sp³-hybridized carbons (Fsp3) is 0.750. The molecule has 0 spiro atoms. The van der Waals surface area contributed by atoms with Crippen LogP contribution in [0.5, 0.6) is 0 Å². The van der Waals surface area contributed by atoms with Crippen molar-refractivity contribution in [1.29, 1.82) is 0 Å². The molecule has 1 aromatic heterocycles. The summed E-state index contributed by atoms with van der Waals surface area (Å²) >= 11 is 0. The van der Waals surface area contributed by atoms with E-state index in [2.05, 4.69) is 28.3 Å². The van der Waals surface area contributed by atoms with E-state index in [0.717, 1.165) is 12.2 Å². The lowest BCUT2D eigenvalue weighted by atomic mass is 10.1. The molecule has 0 bridgehead atoms. The number of halogens is 1. The first-order valence-corrected chi connectivity index (χ1v) is 6.22. The Kier molecular flexibility index (Phi) is 5.95. The van der Waals surface area contributed by atoms with Crippen molar-refractivity contribution in [2.24, 2.45) is 7.05 Å². The normalized spacial score (nSPS) is 21.2. The highest BCUT2D eigenvalue weighted by molar-refractivity contribution is 5.85. The zero-order valence-corrected chi connectivity index (χ0v) is 11.5. The fourth-order valence-electron chi connectivity index (χ4n) is 2.32. The lowest BCUT2D eigenvalue weighted by Gasteiger charge is -2.32. The predicted octanol–water partition coefficient (Wildman–Crippen LogP) is 1.42. The van der Waals surface area contributed by atoms with E-state index in [9.17, 15) is 0 Å². The van der Waals surface area contributed by atoms with Gasteiger partial charge < -0.3 is 10.2 Å². The molecule has 0 radical (unpaired) electrons. The number of hydrogen-bond acceptors (Lipinski definition) is 3. The van der Waals surface area contributed by atoms with Crippen LogP contribution in [0.25, 0.3) is 0 Å². The van der Waals surface area contributed by atoms with Gasteiger partial charge in [-0.2, -0.15) is 5.10 Å². The average molecular weight is 259 g/mol. The number of nitrogens with zero attached hydrogens (tertiary/aromatic N) is 3. The molecule has 1 aromatic rings. The second-order valence-corrected chi connectivity index (χ2v) is 4.59. The van der Waals surface area contributed by atoms with Crippen LogP contribution in [0.3, 0.4) is 0 Å². The zero-order valence-electron chi connectivity index (χ0n) is 10.7. The van der Waals surface area contributed by atoms with Crippen LogP contribution >= 0.6 is 12.4 Å². The summed E-state index contributed by atoms with van der Waals surface area (Å²) in [6.45, 7) is 6.74. The maximum Gasteiger partial charge on any atom is 0.0762 e. The number of hydrogen-bond donors (Lipinski definition) is 1. The van der Waals surface area contributed by atoms with Gasteiger partial charge in [0.15, 0.2) is 0 Å². The van der Waals surface area contributed by atoms with E-state index in [4.69, 9.17) is 0 Å². The second-order valence-electron chi connectivity index (χ2n) is 4.59. The molecule has 0 saturated carbocycles. The van der Waals surface area contributed by atoms with Crippen molar-refractivity contribution in [3.63, 3.8) is 0 Å². The van der Waals surface area contributed by atoms with Gasteiger partial charge in [0, 0.05) is 32.4 Å². The van der Waals surface area contributed by atoms with Crippen LogP contribution in [-0.2, 0) is 13.6 Å². The van der Waals surface area contributed by atoms with Gasteiger partial charge in [-0.1, -0.05) is 6.92 Å². The standard InChI is InChI=1S/C12H22N4.ClH/c1-3-16-7-4-5-12(10-16)13-9-11-6-8-15(2)14-11;/h6,8,12-13H,3-5,7,9-10H2,1-2H3;1H. The Hall–Kier alpha value is -0.580. The van der Waals surface area contributed by atoms with Gasteiger partial charge in [0.1, 0.15) is 0 Å². The summed E-state index contributed by atoms with van der Waals surface area (Å²) in [4.78, 5) is 2.51. The fourth-order valence-corrected chi connectivity index (χ4v) is 2.32. The van der Waals surface area contributed by atoms with Crippen LogP contribution in [0.2, 0.25) is 0 Å². The van der Waals surface area contributed by atoms with Crippen molar-refractivity contribution in [2.45, 2.75) is 32.4 Å². The number of likely N-dealkylation sites (tertiary alicyclic amines) is 1. The first kappa shape index (κ1) is 14.5. The first-order valence-electron chi connectivity index (χ1n) is 6.22. The molecule has 0 amide bonds. The maximum absolute atomic E-state index is 4.37. The lowest BCUT2D eigenvalue weighted by Crippen LogP contribution is -2.45. The molecule has 5 heteroatoms. The van der Waals surface area contributed by atoms with Crippen LogP contribution in [0.15, 0.2) is 12.3 Å². The molecule has 2 heterocycles. The van der Waals surface area contributed by atoms with Crippen LogP contribution in [0, 0.1) is 0 Å². The van der Waals surface area contributed by atoms with Crippen molar-refractivity contribution in [1.82, 2.24) is 20.0 Å². The van der Waals surface area contributed by atoms with Crippen molar-refractivity contribution in [2.75, 3.05) is 19.6 Å². The molecule has 1 aliphatic rings. The van der Waals surface area contributed by atoms with Crippen molar-refractivity contribution < 1.29 is 0 Å². The number of likely N-dealkylation sites (N-methyl/N-ethyl adjacent to an activating group) is 1. The highest BCUT2D eigenvalue weighted by atomic mass is 35.5. The minimum Gasteiger partial charge on any atom is -0.307 e. The summed E-state index contributed by atoms with van der Waals surface area (Å²) in [6.07, 6.45) is 4.60. The Morgan fingerprint density at radius 2 is 2.35 bits per heavy atom. The van der Waals surface area contributed by atoms with E-state index in [1.165, 1.54) is 32.5 Å². The molecule has 1 aliphatic heterocycles. The molecular weight excluding hydrogens is 236 g/mol. The SMILES string of the molecule is CCN1CCCC(NCc2ccn(C)n2)C1.Cl. The van der Waals surface area contributed by atoms with Gasteiger partial charge in [-0.15, -0.1) is 12.4 Å². The van der Waals surface area contributed by atoms with Crippen LogP contribution in [0.4, 0.5) is 0 Å². The summed E-state index contributed by atoms with van der Waals surface area (Å²) < 4.78 is 1.86. The third-order valence-corrected chi connectivity index (χ3v) is 3.29. The summed E-state index contributed by atoms with van der Waals surface area (Å²) in [5.74, 6) is 0. The van der Waals surface area contributed by atoms with Gasteiger partial charge in [0.05, 0.1) is 5.69 Å². The Balaban J connectivity index is 0.00000144. The average Bonchev–Trinajstić information content (AvgIpc) is 2.73. The predicted molar refractivity (Wildman–Crippen MR) is 72.4 cm³/mol. The quantitative estimate of drug-likeness (QED) is 0.887. The number of nitrogens with one attached hydrogen (secondary N) is 1. The van der Waals surface area contributed by atoms with Gasteiger partial charge in [0.2, 0.25) is 0 Å². The van der Waals surface area contributed by atoms with Crippen LogP contribution in [-0.4, -0.2) is 40.4 Å². The van der Waals surface area contributed by atoms with E-state index in [0.29, 0.717) is 6.04 Å². The van der Waals surface area contributed by atoms with Gasteiger partial charge in [0.25, 0.3) is 0 Å². The Morgan fingerprint density at radius 1 is 1.53 bits per heavy atom. The summed E-state index contributed by atoms with van der Waals surface area (Å²) in [5, 5.41) is 7.97. The number of aromatic nitrogens is 2. The van der Waals surface area contributed by atoms with Gasteiger partial charge in [-0.05, 0) is 32.0 Å². The topological polar surface area (TPSA) is 33.1 Å². The molecule has 1 saturated heterocycles. The minimum atomic E-state index is 0. The maximum atomic E-state index is 4.37. The van der Waals surface area contributed by atoms with E-state index >= 15 is 0 Å². The molecule has 1 fully saturated rings. The minimum absolute atomic E-state index is 0. The highest BCUT2D eigenvalue weighted by Crippen LogP contribution is 2.10. The molecule has 1 unspecified atom stereocenters. The summed E-state index contributed by atoms with van der Waals surface area (Å²) in [6, 6.07) is 2.71. The van der Waals surface area contributed by atoms with Gasteiger partial charge >= 0.3 is 0 Å². The Morgan fingerprint density at radius 3 is 3.00 bits per heavy atom. The van der Waals surface area contributed by atoms with Crippen molar-refractivity contribution >= 4 is 12.4 Å². The molecule has 4 nitrogen and oxygen atoms in total. The monoisotopic (exact) mass is 258 g/mol. The second kappa shape index (κ2) is 6.99. The Bertz CT molecular complexity index is 326. The smallest absolute Gasteiger partial charge is 0.0762 e. The van der Waals surface area contributed by atoms with Crippen molar-refractivity contribution in [3.8, 4) is 0 Å². The molecule has 17 heavy (non-hydrogen) atoms. The Labute approximate surface area is 110 Å². The van der Waals surface area contributed by atoms with Gasteiger partial charge in [-0.25, -0.2) is 0 Å². The summed E-state index contributed by atoms with van der Waals surface area (Å²) in [5.41, 5.74) is 1.14. The molecule has 0 aromatic carbocycles. The van der Waals surface area contributed by atoms with Crippen LogP contribution < -0.4 is 5.32 Å². The number of piperidine rings is 1. The van der Waals surface area contributed by atoms with E-state index in [1.54, 1.807) is 0 Å². The number of rotatable bonds is 4. The largest absolute Gasteiger partial charge is 0.307 e. The van der Waals surface area contributed by atoms with Crippen LogP contribution in [0.1, 0.15) is 25.5 Å². The van der Waals surface area contributed by atoms with E-state index in [-0.39, 0.29) is 12.4 Å². The first-order chi connectivity index (χ1) is 7.78. The third kappa shape index (κ3) is 4.30. The number of aryl methyl sites for hydroxylation is 1. The van der Waals surface area contributed by atoms with Crippen molar-refractivity contribution in [3.05, 3.63) is 18.0 Å². The molecule has 0 aliphatic carbocycles.